The van der Waals surface area contributed by atoms with E-state index >= 15 is 0 Å². The van der Waals surface area contributed by atoms with E-state index in [0.29, 0.717) is 17.4 Å². The molecular weight excluding hydrogens is 328 g/mol. The Morgan fingerprint density at radius 2 is 2.08 bits per heavy atom. The Kier molecular flexibility index (Phi) is 4.46. The molecule has 1 fully saturated rings. The molecule has 0 radical (unpaired) electrons. The summed E-state index contributed by atoms with van der Waals surface area (Å²) in [7, 11) is 0. The number of hydrogen-bond donors (Lipinski definition) is 1. The molecule has 0 aliphatic carbocycles. The lowest BCUT2D eigenvalue weighted by Crippen LogP contribution is -2.42. The Hall–Kier alpha value is -3.23. The molecule has 3 rings (SSSR count). The molecule has 130 valence electrons. The largest absolute Gasteiger partial charge is 0.451 e. The van der Waals surface area contributed by atoms with E-state index in [2.05, 4.69) is 10.3 Å². The van der Waals surface area contributed by atoms with Crippen LogP contribution in [0.5, 0.6) is 0 Å². The molecule has 1 aliphatic rings. The lowest BCUT2D eigenvalue weighted by Gasteiger charge is -2.18. The number of carbonyl (C=O) groups is 3. The lowest BCUT2D eigenvalue weighted by atomic mass is 10.2. The van der Waals surface area contributed by atoms with Crippen molar-refractivity contribution in [3.05, 3.63) is 40.9 Å². The van der Waals surface area contributed by atoms with E-state index in [1.807, 2.05) is 0 Å². The number of carbonyl (C=O) groups excluding carboxylic acids is 3. The number of amides is 3. The van der Waals surface area contributed by atoms with Crippen LogP contribution in [0.15, 0.2) is 35.4 Å². The number of rotatable bonds is 4. The molecule has 9 heteroatoms. The normalized spacial score (nSPS) is 15.1. The molecule has 1 aromatic carbocycles. The smallest absolute Gasteiger partial charge is 0.326 e. The van der Waals surface area contributed by atoms with Crippen LogP contribution in [0.4, 0.5) is 4.79 Å². The van der Waals surface area contributed by atoms with Crippen LogP contribution in [0.25, 0.3) is 10.9 Å². The topological polar surface area (TPSA) is 111 Å². The first-order valence-electron chi connectivity index (χ1n) is 7.70. The summed E-state index contributed by atoms with van der Waals surface area (Å²) >= 11 is 0. The van der Waals surface area contributed by atoms with Gasteiger partial charge in [0.05, 0.1) is 17.2 Å². The average molecular weight is 344 g/mol. The van der Waals surface area contributed by atoms with Gasteiger partial charge >= 0.3 is 12.0 Å². The van der Waals surface area contributed by atoms with Gasteiger partial charge in [0.2, 0.25) is 0 Å². The van der Waals surface area contributed by atoms with E-state index in [9.17, 15) is 19.2 Å². The van der Waals surface area contributed by atoms with Crippen LogP contribution >= 0.6 is 0 Å². The van der Waals surface area contributed by atoms with Crippen molar-refractivity contribution < 1.29 is 19.1 Å². The van der Waals surface area contributed by atoms with Crippen molar-refractivity contribution in [3.8, 4) is 0 Å². The quantitative estimate of drug-likeness (QED) is 0.774. The summed E-state index contributed by atoms with van der Waals surface area (Å²) in [6.45, 7) is 1.60. The summed E-state index contributed by atoms with van der Waals surface area (Å²) in [6.07, 6.45) is 0.132. The molecule has 1 aromatic heterocycles. The third kappa shape index (κ3) is 3.35. The SMILES string of the molecule is C[C@@H](OC(=O)Cn1cnc2ccccc2c1=O)C(=O)N1CCNC1=O. The third-order valence-corrected chi connectivity index (χ3v) is 3.81. The van der Waals surface area contributed by atoms with Crippen molar-refractivity contribution in [1.82, 2.24) is 19.8 Å². The van der Waals surface area contributed by atoms with Gasteiger partial charge in [-0.15, -0.1) is 0 Å². The zero-order valence-corrected chi connectivity index (χ0v) is 13.5. The molecule has 1 N–H and O–H groups in total. The summed E-state index contributed by atoms with van der Waals surface area (Å²) in [5.74, 6) is -1.37. The molecule has 0 bridgehead atoms. The van der Waals surface area contributed by atoms with Gasteiger partial charge in [-0.05, 0) is 19.1 Å². The Balaban J connectivity index is 1.68. The predicted octanol–water partition coefficient (Wildman–Crippen LogP) is -0.120. The van der Waals surface area contributed by atoms with Gasteiger partial charge in [-0.25, -0.2) is 9.78 Å². The third-order valence-electron chi connectivity index (χ3n) is 3.81. The van der Waals surface area contributed by atoms with E-state index in [4.69, 9.17) is 4.74 Å². The standard InChI is InChI=1S/C16H16N4O5/c1-10(14(22)20-7-6-17-16(20)24)25-13(21)8-19-9-18-12-5-3-2-4-11(12)15(19)23/h2-5,9-10H,6-8H2,1H3,(H,17,24)/t10-/m1/s1. The second-order valence-corrected chi connectivity index (χ2v) is 5.55. The van der Waals surface area contributed by atoms with Crippen molar-refractivity contribution in [3.63, 3.8) is 0 Å². The van der Waals surface area contributed by atoms with Gasteiger partial charge < -0.3 is 10.1 Å². The fraction of sp³-hybridized carbons (Fsp3) is 0.312. The highest BCUT2D eigenvalue weighted by Gasteiger charge is 2.31. The molecule has 25 heavy (non-hydrogen) atoms. The summed E-state index contributed by atoms with van der Waals surface area (Å²) in [5, 5.41) is 2.88. The van der Waals surface area contributed by atoms with Gasteiger partial charge in [0.15, 0.2) is 6.10 Å². The fourth-order valence-electron chi connectivity index (χ4n) is 2.54. The molecular formula is C16H16N4O5. The van der Waals surface area contributed by atoms with Gasteiger partial charge in [-0.2, -0.15) is 0 Å². The van der Waals surface area contributed by atoms with Crippen molar-refractivity contribution in [1.29, 1.82) is 0 Å². The molecule has 9 nitrogen and oxygen atoms in total. The summed E-state index contributed by atoms with van der Waals surface area (Å²) in [5.41, 5.74) is 0.154. The number of fused-ring (bicyclic) bond motifs is 1. The number of nitrogens with one attached hydrogen (secondary N) is 1. The molecule has 1 aliphatic heterocycles. The first-order valence-corrected chi connectivity index (χ1v) is 7.70. The van der Waals surface area contributed by atoms with Gasteiger partial charge in [0.1, 0.15) is 6.54 Å². The first kappa shape index (κ1) is 16.6. The number of ether oxygens (including phenoxy) is 1. The molecule has 0 spiro atoms. The van der Waals surface area contributed by atoms with Crippen LogP contribution < -0.4 is 10.9 Å². The first-order chi connectivity index (χ1) is 12.0. The molecule has 0 saturated carbocycles. The van der Waals surface area contributed by atoms with E-state index in [1.54, 1.807) is 24.3 Å². The van der Waals surface area contributed by atoms with Crippen LogP contribution in [-0.2, 0) is 20.9 Å². The van der Waals surface area contributed by atoms with E-state index < -0.39 is 24.0 Å². The van der Waals surface area contributed by atoms with E-state index in [0.717, 1.165) is 9.47 Å². The van der Waals surface area contributed by atoms with Crippen LogP contribution in [0.2, 0.25) is 0 Å². The Labute approximate surface area is 142 Å². The minimum absolute atomic E-state index is 0.230. The molecule has 3 amide bonds. The number of para-hydroxylation sites is 1. The van der Waals surface area contributed by atoms with Gasteiger partial charge in [-0.3, -0.25) is 23.9 Å². The number of benzene rings is 1. The van der Waals surface area contributed by atoms with Gasteiger partial charge in [0, 0.05) is 13.1 Å². The number of nitrogens with zero attached hydrogens (tertiary/aromatic N) is 3. The molecule has 2 heterocycles. The Bertz CT molecular complexity index is 907. The highest BCUT2D eigenvalue weighted by molar-refractivity contribution is 5.98. The van der Waals surface area contributed by atoms with Gasteiger partial charge in [0.25, 0.3) is 11.5 Å². The number of imide groups is 1. The molecule has 2 aromatic rings. The van der Waals surface area contributed by atoms with Crippen molar-refractivity contribution in [2.75, 3.05) is 13.1 Å². The number of esters is 1. The fourth-order valence-corrected chi connectivity index (χ4v) is 2.54. The number of hydrogen-bond acceptors (Lipinski definition) is 6. The number of urea groups is 1. The summed E-state index contributed by atoms with van der Waals surface area (Å²) < 4.78 is 6.16. The maximum absolute atomic E-state index is 12.3. The monoisotopic (exact) mass is 344 g/mol. The zero-order valence-electron chi connectivity index (χ0n) is 13.5. The Morgan fingerprint density at radius 1 is 1.32 bits per heavy atom. The van der Waals surface area contributed by atoms with E-state index in [-0.39, 0.29) is 18.6 Å². The number of aromatic nitrogens is 2. The van der Waals surface area contributed by atoms with Crippen molar-refractivity contribution in [2.24, 2.45) is 0 Å². The van der Waals surface area contributed by atoms with Crippen LogP contribution in [0.3, 0.4) is 0 Å². The van der Waals surface area contributed by atoms with Crippen molar-refractivity contribution >= 4 is 28.8 Å². The predicted molar refractivity (Wildman–Crippen MR) is 86.7 cm³/mol. The van der Waals surface area contributed by atoms with Crippen LogP contribution in [0.1, 0.15) is 6.92 Å². The van der Waals surface area contributed by atoms with E-state index in [1.165, 1.54) is 13.3 Å². The Morgan fingerprint density at radius 3 is 2.80 bits per heavy atom. The second-order valence-electron chi connectivity index (χ2n) is 5.55. The van der Waals surface area contributed by atoms with Gasteiger partial charge in [-0.1, -0.05) is 12.1 Å². The molecule has 0 unspecified atom stereocenters. The average Bonchev–Trinajstić information content (AvgIpc) is 3.03. The summed E-state index contributed by atoms with van der Waals surface area (Å²) in [4.78, 5) is 53.0. The highest BCUT2D eigenvalue weighted by Crippen LogP contribution is 2.06. The second kappa shape index (κ2) is 6.71. The summed E-state index contributed by atoms with van der Waals surface area (Å²) in [6, 6.07) is 6.26. The molecule has 1 atom stereocenters. The highest BCUT2D eigenvalue weighted by atomic mass is 16.5. The maximum Gasteiger partial charge on any atom is 0.326 e. The minimum Gasteiger partial charge on any atom is -0.451 e. The van der Waals surface area contributed by atoms with Crippen molar-refractivity contribution in [2.45, 2.75) is 19.6 Å². The molecule has 1 saturated heterocycles. The van der Waals surface area contributed by atoms with Crippen LogP contribution in [-0.4, -0.2) is 51.6 Å². The minimum atomic E-state index is -1.12. The lowest BCUT2D eigenvalue weighted by molar-refractivity contribution is -0.158. The maximum atomic E-state index is 12.3. The zero-order chi connectivity index (χ0) is 18.0. The van der Waals surface area contributed by atoms with Crippen LogP contribution in [0, 0.1) is 0 Å².